The highest BCUT2D eigenvalue weighted by molar-refractivity contribution is 5.58. The molecule has 0 amide bonds. The van der Waals surface area contributed by atoms with Gasteiger partial charge in [0.15, 0.2) is 5.75 Å². The molecule has 0 aliphatic heterocycles. The predicted molar refractivity (Wildman–Crippen MR) is 55.7 cm³/mol. The number of aromatic hydroxyl groups is 1. The van der Waals surface area contributed by atoms with Gasteiger partial charge < -0.3 is 14.6 Å². The summed E-state index contributed by atoms with van der Waals surface area (Å²) in [6.07, 6.45) is 1.37. The summed E-state index contributed by atoms with van der Waals surface area (Å²) >= 11 is 0. The van der Waals surface area contributed by atoms with E-state index in [0.717, 1.165) is 6.29 Å². The van der Waals surface area contributed by atoms with E-state index in [1.54, 1.807) is 0 Å². The summed E-state index contributed by atoms with van der Waals surface area (Å²) < 4.78 is 4.81. The summed E-state index contributed by atoms with van der Waals surface area (Å²) in [5, 5.41) is 20.1. The zero-order chi connectivity index (χ0) is 12.1. The highest BCUT2D eigenvalue weighted by Gasteiger charge is 2.19. The summed E-state index contributed by atoms with van der Waals surface area (Å²) in [5.41, 5.74) is 0.161. The van der Waals surface area contributed by atoms with Crippen molar-refractivity contribution in [2.45, 2.75) is 12.8 Å². The van der Waals surface area contributed by atoms with Crippen LogP contribution in [0.4, 0.5) is 5.69 Å². The van der Waals surface area contributed by atoms with Crippen LogP contribution in [0.25, 0.3) is 0 Å². The van der Waals surface area contributed by atoms with E-state index in [1.807, 2.05) is 0 Å². The number of phenolic OH excluding ortho intramolecular Hbond substituents is 1. The molecule has 0 aromatic heterocycles. The highest BCUT2D eigenvalue weighted by atomic mass is 16.6. The van der Waals surface area contributed by atoms with Crippen molar-refractivity contribution in [3.63, 3.8) is 0 Å². The van der Waals surface area contributed by atoms with Crippen LogP contribution in [0.2, 0.25) is 0 Å². The number of carbonyl (C=O) groups excluding carboxylic acids is 1. The third-order valence-electron chi connectivity index (χ3n) is 2.08. The van der Waals surface area contributed by atoms with Gasteiger partial charge in [-0.25, -0.2) is 0 Å². The molecule has 0 aliphatic rings. The first kappa shape index (κ1) is 12.0. The predicted octanol–water partition coefficient (Wildman–Crippen LogP) is 1.44. The van der Waals surface area contributed by atoms with E-state index >= 15 is 0 Å². The Hall–Kier alpha value is -2.11. The Morgan fingerprint density at radius 2 is 2.25 bits per heavy atom. The molecule has 1 aromatic rings. The Labute approximate surface area is 91.6 Å². The molecule has 6 nitrogen and oxygen atoms in total. The fraction of sp³-hybridized carbons (Fsp3) is 0.300. The third kappa shape index (κ3) is 2.47. The van der Waals surface area contributed by atoms with Gasteiger partial charge in [-0.3, -0.25) is 10.1 Å². The zero-order valence-electron chi connectivity index (χ0n) is 8.67. The van der Waals surface area contributed by atoms with Crippen molar-refractivity contribution < 1.29 is 19.6 Å². The van der Waals surface area contributed by atoms with E-state index in [1.165, 1.54) is 19.2 Å². The fourth-order valence-electron chi connectivity index (χ4n) is 1.31. The van der Waals surface area contributed by atoms with Gasteiger partial charge in [0.25, 0.3) is 0 Å². The lowest BCUT2D eigenvalue weighted by Crippen LogP contribution is -1.95. The van der Waals surface area contributed by atoms with E-state index < -0.39 is 16.4 Å². The number of methoxy groups -OCH3 is 1. The van der Waals surface area contributed by atoms with E-state index in [4.69, 9.17) is 4.74 Å². The summed E-state index contributed by atoms with van der Waals surface area (Å²) in [4.78, 5) is 20.1. The number of nitro groups is 1. The van der Waals surface area contributed by atoms with E-state index in [2.05, 4.69) is 0 Å². The Bertz CT molecular complexity index is 416. The van der Waals surface area contributed by atoms with Crippen LogP contribution in [-0.4, -0.2) is 23.4 Å². The average Bonchev–Trinajstić information content (AvgIpc) is 2.27. The Morgan fingerprint density at radius 3 is 2.75 bits per heavy atom. The van der Waals surface area contributed by atoms with Crippen LogP contribution >= 0.6 is 0 Å². The number of benzene rings is 1. The minimum absolute atomic E-state index is 0.0371. The Balaban J connectivity index is 3.17. The molecule has 6 heteroatoms. The molecule has 1 rings (SSSR count). The molecule has 0 unspecified atom stereocenters. The molecule has 0 saturated carbocycles. The maximum absolute atomic E-state index is 10.6. The van der Waals surface area contributed by atoms with Crippen molar-refractivity contribution in [2.75, 3.05) is 7.11 Å². The zero-order valence-corrected chi connectivity index (χ0v) is 8.67. The van der Waals surface area contributed by atoms with Crippen LogP contribution in [-0.2, 0) is 11.2 Å². The van der Waals surface area contributed by atoms with Crippen LogP contribution in [0.5, 0.6) is 11.5 Å². The molecule has 0 heterocycles. The van der Waals surface area contributed by atoms with Crippen molar-refractivity contribution in [3.8, 4) is 11.5 Å². The maximum Gasteiger partial charge on any atom is 0.314 e. The topological polar surface area (TPSA) is 89.7 Å². The standard InChI is InChI=1S/C10H11NO5/c1-16-9-6-7(3-2-4-12)5-8(10(9)13)11(14)15/h4-6,13H,2-3H2,1H3. The van der Waals surface area contributed by atoms with Gasteiger partial charge >= 0.3 is 5.69 Å². The number of rotatable bonds is 5. The maximum atomic E-state index is 10.6. The lowest BCUT2D eigenvalue weighted by atomic mass is 10.1. The number of nitrogens with zero attached hydrogens (tertiary/aromatic N) is 1. The molecule has 0 radical (unpaired) electrons. The van der Waals surface area contributed by atoms with Crippen LogP contribution < -0.4 is 4.74 Å². The van der Waals surface area contributed by atoms with Crippen molar-refractivity contribution in [1.29, 1.82) is 0 Å². The number of nitro benzene ring substituents is 1. The summed E-state index contributed by atoms with van der Waals surface area (Å²) in [5.74, 6) is -0.461. The normalized spacial score (nSPS) is 9.81. The summed E-state index contributed by atoms with van der Waals surface area (Å²) in [6.45, 7) is 0. The van der Waals surface area contributed by atoms with Gasteiger partial charge in [0.05, 0.1) is 12.0 Å². The van der Waals surface area contributed by atoms with Crippen molar-refractivity contribution in [3.05, 3.63) is 27.8 Å². The van der Waals surface area contributed by atoms with Gasteiger partial charge in [0, 0.05) is 12.5 Å². The molecule has 0 spiro atoms. The minimum atomic E-state index is -0.692. The largest absolute Gasteiger partial charge is 0.500 e. The molecule has 0 aliphatic carbocycles. The smallest absolute Gasteiger partial charge is 0.314 e. The van der Waals surface area contributed by atoms with Crippen LogP contribution in [0.1, 0.15) is 12.0 Å². The van der Waals surface area contributed by atoms with Gasteiger partial charge in [0.2, 0.25) is 5.75 Å². The van der Waals surface area contributed by atoms with Crippen molar-refractivity contribution in [1.82, 2.24) is 0 Å². The second kappa shape index (κ2) is 5.11. The summed E-state index contributed by atoms with van der Waals surface area (Å²) in [7, 11) is 1.31. The molecule has 1 N–H and O–H groups in total. The van der Waals surface area contributed by atoms with E-state index in [0.29, 0.717) is 12.0 Å². The molecule has 0 atom stereocenters. The van der Waals surface area contributed by atoms with Gasteiger partial charge in [-0.15, -0.1) is 0 Å². The molecule has 86 valence electrons. The summed E-state index contributed by atoms with van der Waals surface area (Å²) in [6, 6.07) is 2.72. The van der Waals surface area contributed by atoms with E-state index in [-0.39, 0.29) is 12.2 Å². The average molecular weight is 225 g/mol. The van der Waals surface area contributed by atoms with Crippen LogP contribution in [0.15, 0.2) is 12.1 Å². The number of aldehydes is 1. The second-order valence-electron chi connectivity index (χ2n) is 3.13. The SMILES string of the molecule is COc1cc(CCC=O)cc([N+](=O)[O-])c1O. The van der Waals surface area contributed by atoms with Gasteiger partial charge in [-0.1, -0.05) is 0 Å². The highest BCUT2D eigenvalue weighted by Crippen LogP contribution is 2.36. The van der Waals surface area contributed by atoms with E-state index in [9.17, 15) is 20.0 Å². The van der Waals surface area contributed by atoms with Gasteiger partial charge in [0.1, 0.15) is 6.29 Å². The lowest BCUT2D eigenvalue weighted by Gasteiger charge is -2.06. The number of phenols is 1. The quantitative estimate of drug-likeness (QED) is 0.465. The first-order chi connectivity index (χ1) is 7.60. The number of carbonyl (C=O) groups is 1. The first-order valence-corrected chi connectivity index (χ1v) is 4.58. The minimum Gasteiger partial charge on any atom is -0.500 e. The Morgan fingerprint density at radius 1 is 1.56 bits per heavy atom. The molecular formula is C10H11NO5. The van der Waals surface area contributed by atoms with Crippen LogP contribution in [0, 0.1) is 10.1 Å². The molecular weight excluding hydrogens is 214 g/mol. The number of ether oxygens (including phenoxy) is 1. The molecule has 16 heavy (non-hydrogen) atoms. The monoisotopic (exact) mass is 225 g/mol. The van der Waals surface area contributed by atoms with Crippen LogP contribution in [0.3, 0.4) is 0 Å². The Kier molecular flexibility index (Phi) is 3.82. The second-order valence-corrected chi connectivity index (χ2v) is 3.13. The number of hydrogen-bond acceptors (Lipinski definition) is 5. The number of hydrogen-bond donors (Lipinski definition) is 1. The van der Waals surface area contributed by atoms with Gasteiger partial charge in [-0.05, 0) is 18.1 Å². The fourth-order valence-corrected chi connectivity index (χ4v) is 1.31. The lowest BCUT2D eigenvalue weighted by molar-refractivity contribution is -0.386. The van der Waals surface area contributed by atoms with Crippen molar-refractivity contribution >= 4 is 12.0 Å². The third-order valence-corrected chi connectivity index (χ3v) is 2.08. The molecule has 0 fully saturated rings. The van der Waals surface area contributed by atoms with Crippen molar-refractivity contribution in [2.24, 2.45) is 0 Å². The molecule has 0 saturated heterocycles. The van der Waals surface area contributed by atoms with Gasteiger partial charge in [-0.2, -0.15) is 0 Å². The molecule has 1 aromatic carbocycles. The molecule has 0 bridgehead atoms. The first-order valence-electron chi connectivity index (χ1n) is 4.58. The number of aryl methyl sites for hydroxylation is 1.